The van der Waals surface area contributed by atoms with Crippen LogP contribution < -0.4 is 14.8 Å². The lowest BCUT2D eigenvalue weighted by molar-refractivity contribution is 0.306. The highest BCUT2D eigenvalue weighted by Crippen LogP contribution is 2.20. The van der Waals surface area contributed by atoms with Crippen molar-refractivity contribution in [2.75, 3.05) is 6.73 Å². The van der Waals surface area contributed by atoms with E-state index in [9.17, 15) is 0 Å². The molecule has 0 fully saturated rings. The first-order valence-electron chi connectivity index (χ1n) is 9.47. The lowest BCUT2D eigenvalue weighted by atomic mass is 10.1. The minimum atomic E-state index is -0.0163. The van der Waals surface area contributed by atoms with Crippen LogP contribution in [0.25, 0.3) is 10.4 Å². The molecule has 0 radical (unpaired) electrons. The molecule has 0 aromatic heterocycles. The second kappa shape index (κ2) is 10.8. The van der Waals surface area contributed by atoms with Gasteiger partial charge >= 0.3 is 0 Å². The van der Waals surface area contributed by atoms with Crippen LogP contribution in [-0.2, 0) is 13.2 Å². The zero-order chi connectivity index (χ0) is 20.3. The van der Waals surface area contributed by atoms with Crippen LogP contribution in [0.1, 0.15) is 29.7 Å². The van der Waals surface area contributed by atoms with Gasteiger partial charge in [0.1, 0.15) is 18.1 Å². The Morgan fingerprint density at radius 2 is 1.62 bits per heavy atom. The van der Waals surface area contributed by atoms with Gasteiger partial charge in [0.25, 0.3) is 0 Å². The number of benzene rings is 3. The summed E-state index contributed by atoms with van der Waals surface area (Å²) in [4.78, 5) is 2.69. The third kappa shape index (κ3) is 6.57. The van der Waals surface area contributed by atoms with Crippen molar-refractivity contribution in [3.8, 4) is 11.5 Å². The molecule has 148 valence electrons. The van der Waals surface area contributed by atoms with Crippen molar-refractivity contribution in [1.29, 1.82) is 0 Å². The van der Waals surface area contributed by atoms with E-state index in [0.717, 1.165) is 22.4 Å². The smallest absolute Gasteiger partial charge is 0.167 e. The zero-order valence-corrected chi connectivity index (χ0v) is 16.4. The Balaban J connectivity index is 1.54. The van der Waals surface area contributed by atoms with Gasteiger partial charge in [0.05, 0.1) is 0 Å². The van der Waals surface area contributed by atoms with E-state index in [1.807, 2.05) is 54.6 Å². The average Bonchev–Trinajstić information content (AvgIpc) is 2.77. The van der Waals surface area contributed by atoms with E-state index in [0.29, 0.717) is 18.9 Å². The summed E-state index contributed by atoms with van der Waals surface area (Å²) in [6.07, 6.45) is 0. The molecule has 0 spiro atoms. The normalized spacial score (nSPS) is 11.3. The quantitative estimate of drug-likeness (QED) is 0.272. The molecule has 3 rings (SSSR count). The minimum Gasteiger partial charge on any atom is -0.489 e. The largest absolute Gasteiger partial charge is 0.489 e. The molecule has 0 heterocycles. The second-order valence-corrected chi connectivity index (χ2v) is 6.60. The van der Waals surface area contributed by atoms with E-state index in [1.165, 1.54) is 0 Å². The maximum absolute atomic E-state index is 8.34. The van der Waals surface area contributed by atoms with Gasteiger partial charge in [-0.3, -0.25) is 0 Å². The van der Waals surface area contributed by atoms with Gasteiger partial charge in [-0.2, -0.15) is 0 Å². The minimum absolute atomic E-state index is 0.0163. The number of hydrogen-bond donors (Lipinski definition) is 1. The first-order chi connectivity index (χ1) is 14.2. The molecule has 0 aliphatic carbocycles. The summed E-state index contributed by atoms with van der Waals surface area (Å²) >= 11 is 0. The van der Waals surface area contributed by atoms with E-state index in [1.54, 1.807) is 0 Å². The molecule has 0 unspecified atom stereocenters. The summed E-state index contributed by atoms with van der Waals surface area (Å²) in [5.74, 6) is 1.54. The van der Waals surface area contributed by atoms with E-state index >= 15 is 0 Å². The molecule has 0 aliphatic rings. The van der Waals surface area contributed by atoms with Crippen molar-refractivity contribution < 1.29 is 9.47 Å². The second-order valence-electron chi connectivity index (χ2n) is 6.60. The van der Waals surface area contributed by atoms with Crippen LogP contribution in [0.15, 0.2) is 84.0 Å². The highest BCUT2D eigenvalue weighted by atomic mass is 16.5. The van der Waals surface area contributed by atoms with E-state index < -0.39 is 0 Å². The average molecular weight is 388 g/mol. The number of rotatable bonds is 10. The highest BCUT2D eigenvalue weighted by molar-refractivity contribution is 5.31. The molecular weight excluding hydrogens is 364 g/mol. The third-order valence-electron chi connectivity index (χ3n) is 4.47. The van der Waals surface area contributed by atoms with Crippen LogP contribution in [0.4, 0.5) is 0 Å². The van der Waals surface area contributed by atoms with Gasteiger partial charge in [-0.05, 0) is 53.4 Å². The van der Waals surface area contributed by atoms with Crippen molar-refractivity contribution >= 4 is 0 Å². The van der Waals surface area contributed by atoms with Gasteiger partial charge < -0.3 is 14.8 Å². The van der Waals surface area contributed by atoms with Gasteiger partial charge in [0.2, 0.25) is 0 Å². The molecule has 1 N–H and O–H groups in total. The van der Waals surface area contributed by atoms with Crippen LogP contribution in [0.2, 0.25) is 0 Å². The maximum atomic E-state index is 8.34. The molecule has 29 heavy (non-hydrogen) atoms. The fourth-order valence-electron chi connectivity index (χ4n) is 2.88. The van der Waals surface area contributed by atoms with E-state index in [-0.39, 0.29) is 12.8 Å². The van der Waals surface area contributed by atoms with Crippen LogP contribution in [0.5, 0.6) is 11.5 Å². The number of ether oxygens (including phenoxy) is 2. The first-order valence-corrected chi connectivity index (χ1v) is 9.47. The van der Waals surface area contributed by atoms with Crippen LogP contribution >= 0.6 is 0 Å². The van der Waals surface area contributed by atoms with Crippen LogP contribution in [0, 0.1) is 0 Å². The fourth-order valence-corrected chi connectivity index (χ4v) is 2.88. The number of azide groups is 1. The van der Waals surface area contributed by atoms with Crippen molar-refractivity contribution in [1.82, 2.24) is 5.32 Å². The van der Waals surface area contributed by atoms with Gasteiger partial charge in [0, 0.05) is 17.5 Å². The van der Waals surface area contributed by atoms with Crippen LogP contribution in [-0.4, -0.2) is 6.73 Å². The Kier molecular flexibility index (Phi) is 7.52. The molecule has 0 amide bonds. The summed E-state index contributed by atoms with van der Waals surface area (Å²) in [5, 5.41) is 6.91. The predicted molar refractivity (Wildman–Crippen MR) is 114 cm³/mol. The summed E-state index contributed by atoms with van der Waals surface area (Å²) in [7, 11) is 0. The SMILES string of the molecule is C[C@H](NCc1cccc(OCc2ccccc2)c1)c1cccc(OCN=[N+]=[N-])c1. The van der Waals surface area contributed by atoms with Crippen molar-refractivity contribution in [3.63, 3.8) is 0 Å². The third-order valence-corrected chi connectivity index (χ3v) is 4.47. The lowest BCUT2D eigenvalue weighted by Crippen LogP contribution is -2.18. The molecule has 0 saturated carbocycles. The molecule has 3 aromatic rings. The molecular formula is C23H24N4O2. The zero-order valence-electron chi connectivity index (χ0n) is 16.4. The first kappa shape index (κ1) is 20.3. The lowest BCUT2D eigenvalue weighted by Gasteiger charge is -2.16. The Labute approximate surface area is 170 Å². The van der Waals surface area contributed by atoms with Crippen molar-refractivity contribution in [2.45, 2.75) is 26.1 Å². The maximum Gasteiger partial charge on any atom is 0.167 e. The molecule has 6 heteroatoms. The highest BCUT2D eigenvalue weighted by Gasteiger charge is 2.07. The monoisotopic (exact) mass is 388 g/mol. The summed E-state index contributed by atoms with van der Waals surface area (Å²) < 4.78 is 11.3. The summed E-state index contributed by atoms with van der Waals surface area (Å²) in [5.41, 5.74) is 11.7. The van der Waals surface area contributed by atoms with Gasteiger partial charge in [0.15, 0.2) is 6.73 Å². The Morgan fingerprint density at radius 3 is 2.41 bits per heavy atom. The molecule has 0 saturated heterocycles. The molecule has 0 bridgehead atoms. The Hall–Kier alpha value is -3.47. The van der Waals surface area contributed by atoms with Crippen LogP contribution in [0.3, 0.4) is 0 Å². The number of nitrogens with one attached hydrogen (secondary N) is 1. The van der Waals surface area contributed by atoms with E-state index in [2.05, 4.69) is 46.5 Å². The Morgan fingerprint density at radius 1 is 0.897 bits per heavy atom. The van der Waals surface area contributed by atoms with Gasteiger partial charge in [-0.25, -0.2) is 0 Å². The van der Waals surface area contributed by atoms with Crippen molar-refractivity contribution in [3.05, 3.63) is 106 Å². The van der Waals surface area contributed by atoms with E-state index in [4.69, 9.17) is 15.0 Å². The Bertz CT molecular complexity index is 956. The molecule has 6 nitrogen and oxygen atoms in total. The standard InChI is InChI=1S/C23H24N4O2/c1-18(21-10-6-12-23(14-21)29-17-26-27-24)25-15-20-9-5-11-22(13-20)28-16-19-7-3-2-4-8-19/h2-14,18,25H,15-17H2,1H3/t18-/m0/s1. The van der Waals surface area contributed by atoms with Gasteiger partial charge in [-0.15, -0.1) is 0 Å². The molecule has 0 aliphatic heterocycles. The van der Waals surface area contributed by atoms with Gasteiger partial charge in [-0.1, -0.05) is 59.7 Å². The molecule has 1 atom stereocenters. The topological polar surface area (TPSA) is 79.2 Å². The number of nitrogens with zero attached hydrogens (tertiary/aromatic N) is 3. The fraction of sp³-hybridized carbons (Fsp3) is 0.217. The summed E-state index contributed by atoms with van der Waals surface area (Å²) in [6.45, 7) is 3.35. The predicted octanol–water partition coefficient (Wildman–Crippen LogP) is 5.76. The number of hydrogen-bond acceptors (Lipinski definition) is 4. The van der Waals surface area contributed by atoms with Crippen molar-refractivity contribution in [2.24, 2.45) is 5.11 Å². The molecule has 3 aromatic carbocycles. The summed E-state index contributed by atoms with van der Waals surface area (Å²) in [6, 6.07) is 26.1.